The fraction of sp³-hybridized carbons (Fsp3) is 0.214. The van der Waals surface area contributed by atoms with Gasteiger partial charge in [0, 0.05) is 6.42 Å². The van der Waals surface area contributed by atoms with Gasteiger partial charge in [-0.15, -0.1) is 0 Å². The molecule has 1 aliphatic rings. The Labute approximate surface area is 127 Å². The van der Waals surface area contributed by atoms with Gasteiger partial charge in [0.15, 0.2) is 5.17 Å². The van der Waals surface area contributed by atoms with E-state index in [1.807, 2.05) is 37.3 Å². The van der Waals surface area contributed by atoms with Crippen LogP contribution in [0.25, 0.3) is 0 Å². The van der Waals surface area contributed by atoms with Gasteiger partial charge in [-0.1, -0.05) is 48.7 Å². The van der Waals surface area contributed by atoms with E-state index in [9.17, 15) is 4.79 Å². The summed E-state index contributed by atoms with van der Waals surface area (Å²) in [6, 6.07) is 9.84. The molecule has 0 radical (unpaired) electrons. The van der Waals surface area contributed by atoms with Gasteiger partial charge in [-0.25, -0.2) is 4.99 Å². The predicted octanol–water partition coefficient (Wildman–Crippen LogP) is 3.14. The number of hydrogen-bond acceptors (Lipinski definition) is 5. The van der Waals surface area contributed by atoms with Gasteiger partial charge in [0.25, 0.3) is 0 Å². The second-order valence-electron chi connectivity index (χ2n) is 4.25. The van der Waals surface area contributed by atoms with Crippen LogP contribution >= 0.6 is 23.4 Å². The Bertz CT molecular complexity index is 583. The summed E-state index contributed by atoms with van der Waals surface area (Å²) in [7, 11) is 0. The highest BCUT2D eigenvalue weighted by Crippen LogP contribution is 2.30. The Morgan fingerprint density at radius 2 is 2.20 bits per heavy atom. The predicted molar refractivity (Wildman–Crippen MR) is 85.2 cm³/mol. The molecule has 1 heterocycles. The number of nitrogens with zero attached hydrogens (tertiary/aromatic N) is 2. The third-order valence-corrected chi connectivity index (χ3v) is 4.01. The van der Waals surface area contributed by atoms with Crippen LogP contribution in [-0.2, 0) is 4.79 Å². The van der Waals surface area contributed by atoms with Gasteiger partial charge in [0.1, 0.15) is 0 Å². The van der Waals surface area contributed by atoms with Gasteiger partial charge < -0.3 is 0 Å². The molecule has 0 spiro atoms. The summed E-state index contributed by atoms with van der Waals surface area (Å²) in [6.07, 6.45) is 0.223. The fourth-order valence-electron chi connectivity index (χ4n) is 1.66. The molecule has 1 aromatic carbocycles. The molecule has 1 atom stereocenters. The number of hydrazone groups is 1. The molecule has 0 fully saturated rings. The normalized spacial score (nSPS) is 18.9. The molecule has 1 N–H and O–H groups in total. The zero-order valence-electron chi connectivity index (χ0n) is 11.0. The molecular formula is C14H14ClN3OS. The lowest BCUT2D eigenvalue weighted by Crippen LogP contribution is -2.15. The topological polar surface area (TPSA) is 53.8 Å². The number of nitrogens with one attached hydrogen (secondary N) is 1. The lowest BCUT2D eigenvalue weighted by atomic mass is 10.1. The van der Waals surface area contributed by atoms with Gasteiger partial charge in [-0.05, 0) is 24.1 Å². The van der Waals surface area contributed by atoms with Crippen molar-refractivity contribution in [2.75, 3.05) is 0 Å². The Balaban J connectivity index is 1.97. The molecule has 104 valence electrons. The third kappa shape index (κ3) is 3.95. The Kier molecular flexibility index (Phi) is 4.98. The van der Waals surface area contributed by atoms with Crippen LogP contribution in [0.15, 0.2) is 52.7 Å². The molecule has 2 rings (SSSR count). The number of halogens is 1. The van der Waals surface area contributed by atoms with E-state index in [1.165, 1.54) is 11.8 Å². The van der Waals surface area contributed by atoms with Crippen LogP contribution in [0, 0.1) is 0 Å². The molecule has 1 aliphatic heterocycles. The van der Waals surface area contributed by atoms with Gasteiger partial charge in [0.05, 0.1) is 16.7 Å². The molecule has 0 saturated heterocycles. The van der Waals surface area contributed by atoms with E-state index in [1.54, 1.807) is 0 Å². The SMILES string of the molecule is C=C1N=C(N/N=C(\C)c2ccccc2)SC1CC(=O)Cl. The van der Waals surface area contributed by atoms with E-state index in [-0.39, 0.29) is 16.9 Å². The largest absolute Gasteiger partial charge is 0.281 e. The summed E-state index contributed by atoms with van der Waals surface area (Å²) in [5.74, 6) is 0. The average molecular weight is 308 g/mol. The molecule has 6 heteroatoms. The van der Waals surface area contributed by atoms with Crippen LogP contribution in [0.4, 0.5) is 0 Å². The number of aliphatic imine (C=N–C) groups is 1. The first-order chi connectivity index (χ1) is 9.56. The van der Waals surface area contributed by atoms with Gasteiger partial charge in [-0.3, -0.25) is 10.2 Å². The highest BCUT2D eigenvalue weighted by Gasteiger charge is 2.25. The fourth-order valence-corrected chi connectivity index (χ4v) is 2.87. The summed E-state index contributed by atoms with van der Waals surface area (Å²) < 4.78 is 0. The Hall–Kier alpha value is -1.59. The standard InChI is InChI=1S/C14H14ClN3OS/c1-9(11-6-4-3-5-7-11)17-18-14-16-10(2)12(20-14)8-13(15)19/h3-7,12H,2,8H2,1H3,(H,16,18)/b17-9+. The number of thioether (sulfide) groups is 1. The summed E-state index contributed by atoms with van der Waals surface area (Å²) in [5.41, 5.74) is 5.43. The van der Waals surface area contributed by atoms with E-state index < -0.39 is 0 Å². The Morgan fingerprint density at radius 3 is 2.85 bits per heavy atom. The number of amidine groups is 1. The van der Waals surface area contributed by atoms with Crippen molar-refractivity contribution in [3.05, 3.63) is 48.2 Å². The van der Waals surface area contributed by atoms with Crippen molar-refractivity contribution in [3.8, 4) is 0 Å². The second-order valence-corrected chi connectivity index (χ2v) is 5.86. The molecule has 1 unspecified atom stereocenters. The van der Waals surface area contributed by atoms with Crippen molar-refractivity contribution in [2.45, 2.75) is 18.6 Å². The second kappa shape index (κ2) is 6.72. The van der Waals surface area contributed by atoms with E-state index in [2.05, 4.69) is 22.1 Å². The van der Waals surface area contributed by atoms with Crippen LogP contribution in [0.5, 0.6) is 0 Å². The van der Waals surface area contributed by atoms with Crippen LogP contribution in [0.2, 0.25) is 0 Å². The van der Waals surface area contributed by atoms with E-state index >= 15 is 0 Å². The number of hydrogen-bond donors (Lipinski definition) is 1. The van der Waals surface area contributed by atoms with Crippen LogP contribution < -0.4 is 5.43 Å². The first-order valence-corrected chi connectivity index (χ1v) is 7.30. The molecule has 0 bridgehead atoms. The molecular weight excluding hydrogens is 294 g/mol. The highest BCUT2D eigenvalue weighted by atomic mass is 35.5. The summed E-state index contributed by atoms with van der Waals surface area (Å²) in [5, 5.41) is 4.43. The quantitative estimate of drug-likeness (QED) is 0.528. The zero-order valence-corrected chi connectivity index (χ0v) is 12.5. The van der Waals surface area contributed by atoms with Crippen molar-refractivity contribution in [2.24, 2.45) is 10.1 Å². The molecule has 0 amide bonds. The molecule has 0 saturated carbocycles. The molecule has 0 aliphatic carbocycles. The number of rotatable bonds is 4. The zero-order chi connectivity index (χ0) is 14.5. The minimum atomic E-state index is -0.385. The molecule has 0 aromatic heterocycles. The monoisotopic (exact) mass is 307 g/mol. The number of carbonyl (C=O) groups is 1. The average Bonchev–Trinajstić information content (AvgIpc) is 2.77. The lowest BCUT2D eigenvalue weighted by molar-refractivity contribution is -0.111. The van der Waals surface area contributed by atoms with Crippen LogP contribution in [0.1, 0.15) is 18.9 Å². The third-order valence-electron chi connectivity index (χ3n) is 2.73. The molecule has 20 heavy (non-hydrogen) atoms. The lowest BCUT2D eigenvalue weighted by Gasteiger charge is -2.05. The smallest absolute Gasteiger partial charge is 0.223 e. The minimum absolute atomic E-state index is 0.102. The van der Waals surface area contributed by atoms with Crippen molar-refractivity contribution in [3.63, 3.8) is 0 Å². The van der Waals surface area contributed by atoms with Gasteiger partial charge in [-0.2, -0.15) is 5.10 Å². The van der Waals surface area contributed by atoms with Crippen LogP contribution in [-0.4, -0.2) is 21.4 Å². The van der Waals surface area contributed by atoms with Crippen LogP contribution in [0.3, 0.4) is 0 Å². The van der Waals surface area contributed by atoms with Crippen molar-refractivity contribution in [1.82, 2.24) is 5.43 Å². The maximum Gasteiger partial charge on any atom is 0.223 e. The highest BCUT2D eigenvalue weighted by molar-refractivity contribution is 8.14. The van der Waals surface area contributed by atoms with E-state index in [4.69, 9.17) is 11.6 Å². The molecule has 4 nitrogen and oxygen atoms in total. The van der Waals surface area contributed by atoms with Crippen molar-refractivity contribution in [1.29, 1.82) is 0 Å². The van der Waals surface area contributed by atoms with E-state index in [0.29, 0.717) is 10.9 Å². The van der Waals surface area contributed by atoms with Gasteiger partial charge in [0.2, 0.25) is 5.24 Å². The first-order valence-electron chi connectivity index (χ1n) is 6.04. The first kappa shape index (κ1) is 14.8. The maximum atomic E-state index is 10.9. The summed E-state index contributed by atoms with van der Waals surface area (Å²) in [6.45, 7) is 5.73. The van der Waals surface area contributed by atoms with Crippen molar-refractivity contribution < 1.29 is 4.79 Å². The van der Waals surface area contributed by atoms with Gasteiger partial charge >= 0.3 is 0 Å². The van der Waals surface area contributed by atoms with E-state index in [0.717, 1.165) is 11.3 Å². The maximum absolute atomic E-state index is 10.9. The van der Waals surface area contributed by atoms with Crippen molar-refractivity contribution >= 4 is 39.5 Å². The summed E-state index contributed by atoms with van der Waals surface area (Å²) in [4.78, 5) is 15.2. The molecule has 1 aromatic rings. The number of carbonyl (C=O) groups excluding carboxylic acids is 1. The summed E-state index contributed by atoms with van der Waals surface area (Å²) >= 11 is 6.80. The number of benzene rings is 1. The Morgan fingerprint density at radius 1 is 1.50 bits per heavy atom. The minimum Gasteiger partial charge on any atom is -0.281 e.